The number of aryl methyl sites for hydroxylation is 1. The highest BCUT2D eigenvalue weighted by Gasteiger charge is 2.19. The molecule has 0 bridgehead atoms. The lowest BCUT2D eigenvalue weighted by molar-refractivity contribution is -0.117. The Morgan fingerprint density at radius 3 is 2.62 bits per heavy atom. The summed E-state index contributed by atoms with van der Waals surface area (Å²) in [4.78, 5) is 16.8. The SMILES string of the molecule is Cc1cc(NC(=O)CN2CCN(Cc3ccco3)CC2)ccc1Br. The van der Waals surface area contributed by atoms with Crippen molar-refractivity contribution in [3.63, 3.8) is 0 Å². The predicted molar refractivity (Wildman–Crippen MR) is 97.9 cm³/mol. The standard InChI is InChI=1S/C18H22BrN3O2/c1-14-11-15(4-5-17(14)19)20-18(23)13-22-8-6-21(7-9-22)12-16-3-2-10-24-16/h2-5,10-11H,6-9,12-13H2,1H3,(H,20,23). The molecule has 1 aromatic carbocycles. The molecule has 5 nitrogen and oxygen atoms in total. The maximum Gasteiger partial charge on any atom is 0.238 e. The summed E-state index contributed by atoms with van der Waals surface area (Å²) < 4.78 is 6.44. The van der Waals surface area contributed by atoms with E-state index in [4.69, 9.17) is 4.42 Å². The topological polar surface area (TPSA) is 48.7 Å². The van der Waals surface area contributed by atoms with Gasteiger partial charge >= 0.3 is 0 Å². The molecule has 24 heavy (non-hydrogen) atoms. The molecule has 0 radical (unpaired) electrons. The van der Waals surface area contributed by atoms with E-state index in [9.17, 15) is 4.79 Å². The van der Waals surface area contributed by atoms with Crippen molar-refractivity contribution in [2.24, 2.45) is 0 Å². The van der Waals surface area contributed by atoms with Gasteiger partial charge < -0.3 is 9.73 Å². The molecule has 1 aliphatic rings. The molecule has 6 heteroatoms. The Morgan fingerprint density at radius 2 is 1.96 bits per heavy atom. The van der Waals surface area contributed by atoms with Gasteiger partial charge in [0.05, 0.1) is 19.4 Å². The summed E-state index contributed by atoms with van der Waals surface area (Å²) in [6.45, 7) is 6.98. The van der Waals surface area contributed by atoms with Gasteiger partial charge in [-0.1, -0.05) is 15.9 Å². The molecule has 128 valence electrons. The number of piperazine rings is 1. The summed E-state index contributed by atoms with van der Waals surface area (Å²) in [5, 5.41) is 2.97. The van der Waals surface area contributed by atoms with Crippen LogP contribution in [0.2, 0.25) is 0 Å². The molecule has 1 N–H and O–H groups in total. The third-order valence-corrected chi connectivity index (χ3v) is 5.12. The summed E-state index contributed by atoms with van der Waals surface area (Å²) in [6, 6.07) is 9.76. The number of nitrogens with zero attached hydrogens (tertiary/aromatic N) is 2. The minimum absolute atomic E-state index is 0.0382. The van der Waals surface area contributed by atoms with Crippen molar-refractivity contribution in [1.29, 1.82) is 0 Å². The second-order valence-corrected chi connectivity index (χ2v) is 7.00. The molecule has 1 saturated heterocycles. The van der Waals surface area contributed by atoms with Crippen molar-refractivity contribution in [2.45, 2.75) is 13.5 Å². The Hall–Kier alpha value is -1.63. The van der Waals surface area contributed by atoms with Gasteiger partial charge in [-0.05, 0) is 42.8 Å². The minimum atomic E-state index is 0.0382. The van der Waals surface area contributed by atoms with Crippen LogP contribution in [0.3, 0.4) is 0 Å². The number of amides is 1. The predicted octanol–water partition coefficient (Wildman–Crippen LogP) is 3.11. The Kier molecular flexibility index (Phi) is 5.71. The van der Waals surface area contributed by atoms with Crippen LogP contribution in [-0.2, 0) is 11.3 Å². The fourth-order valence-electron chi connectivity index (χ4n) is 2.85. The average Bonchev–Trinajstić information content (AvgIpc) is 3.06. The van der Waals surface area contributed by atoms with Crippen molar-refractivity contribution in [3.05, 3.63) is 52.4 Å². The van der Waals surface area contributed by atoms with Crippen molar-refractivity contribution < 1.29 is 9.21 Å². The van der Waals surface area contributed by atoms with Crippen LogP contribution >= 0.6 is 15.9 Å². The fourth-order valence-corrected chi connectivity index (χ4v) is 3.10. The fraction of sp³-hybridized carbons (Fsp3) is 0.389. The first-order valence-corrected chi connectivity index (χ1v) is 8.92. The van der Waals surface area contributed by atoms with Crippen LogP contribution in [0.4, 0.5) is 5.69 Å². The summed E-state index contributed by atoms with van der Waals surface area (Å²) in [5.74, 6) is 1.03. The van der Waals surface area contributed by atoms with E-state index in [0.29, 0.717) is 6.54 Å². The van der Waals surface area contributed by atoms with Crippen LogP contribution in [-0.4, -0.2) is 48.4 Å². The van der Waals surface area contributed by atoms with Crippen LogP contribution < -0.4 is 5.32 Å². The van der Waals surface area contributed by atoms with Crippen molar-refractivity contribution in [3.8, 4) is 0 Å². The van der Waals surface area contributed by atoms with Gasteiger partial charge in [-0.3, -0.25) is 14.6 Å². The summed E-state index contributed by atoms with van der Waals surface area (Å²) in [6.07, 6.45) is 1.71. The third-order valence-electron chi connectivity index (χ3n) is 4.23. The molecule has 2 aromatic rings. The van der Waals surface area contributed by atoms with Gasteiger partial charge in [0.1, 0.15) is 5.76 Å². The lowest BCUT2D eigenvalue weighted by Crippen LogP contribution is -2.48. The number of anilines is 1. The number of hydrogen-bond donors (Lipinski definition) is 1. The lowest BCUT2D eigenvalue weighted by Gasteiger charge is -2.33. The molecule has 3 rings (SSSR count). The highest BCUT2D eigenvalue weighted by molar-refractivity contribution is 9.10. The van der Waals surface area contributed by atoms with E-state index in [1.807, 2.05) is 37.3 Å². The average molecular weight is 392 g/mol. The molecular formula is C18H22BrN3O2. The second-order valence-electron chi connectivity index (χ2n) is 6.14. The molecule has 1 aliphatic heterocycles. The van der Waals surface area contributed by atoms with Gasteiger partial charge in [0.15, 0.2) is 0 Å². The summed E-state index contributed by atoms with van der Waals surface area (Å²) in [5.41, 5.74) is 1.96. The smallest absolute Gasteiger partial charge is 0.238 e. The molecule has 1 amide bonds. The number of nitrogens with one attached hydrogen (secondary N) is 1. The van der Waals surface area contributed by atoms with E-state index >= 15 is 0 Å². The Morgan fingerprint density at radius 1 is 1.21 bits per heavy atom. The van der Waals surface area contributed by atoms with E-state index in [1.165, 1.54) is 0 Å². The van der Waals surface area contributed by atoms with Crippen LogP contribution in [0.25, 0.3) is 0 Å². The zero-order valence-corrected chi connectivity index (χ0v) is 15.4. The third kappa shape index (κ3) is 4.69. The zero-order valence-electron chi connectivity index (χ0n) is 13.8. The van der Waals surface area contributed by atoms with Crippen molar-refractivity contribution in [1.82, 2.24) is 9.80 Å². The van der Waals surface area contributed by atoms with Gasteiger partial charge in [-0.25, -0.2) is 0 Å². The van der Waals surface area contributed by atoms with Crippen LogP contribution in [0, 0.1) is 6.92 Å². The quantitative estimate of drug-likeness (QED) is 0.850. The molecular weight excluding hydrogens is 370 g/mol. The van der Waals surface area contributed by atoms with Gasteiger partial charge in [0, 0.05) is 36.3 Å². The minimum Gasteiger partial charge on any atom is -0.468 e. The molecule has 2 heterocycles. The van der Waals surface area contributed by atoms with E-state index in [1.54, 1.807) is 6.26 Å². The molecule has 0 atom stereocenters. The Labute approximate surface area is 150 Å². The number of hydrogen-bond acceptors (Lipinski definition) is 4. The van der Waals surface area contributed by atoms with Crippen LogP contribution in [0.15, 0.2) is 45.5 Å². The molecule has 1 aromatic heterocycles. The lowest BCUT2D eigenvalue weighted by atomic mass is 10.2. The van der Waals surface area contributed by atoms with Gasteiger partial charge in [0.25, 0.3) is 0 Å². The van der Waals surface area contributed by atoms with E-state index in [2.05, 4.69) is 31.0 Å². The number of carbonyl (C=O) groups is 1. The van der Waals surface area contributed by atoms with Crippen LogP contribution in [0.5, 0.6) is 0 Å². The van der Waals surface area contributed by atoms with Crippen molar-refractivity contribution in [2.75, 3.05) is 38.0 Å². The maximum absolute atomic E-state index is 12.2. The van der Waals surface area contributed by atoms with Gasteiger partial charge in [-0.15, -0.1) is 0 Å². The zero-order chi connectivity index (χ0) is 16.9. The number of furan rings is 1. The Bertz CT molecular complexity index is 680. The first-order chi connectivity index (χ1) is 11.6. The highest BCUT2D eigenvalue weighted by atomic mass is 79.9. The molecule has 1 fully saturated rings. The first-order valence-electron chi connectivity index (χ1n) is 8.13. The molecule has 0 saturated carbocycles. The number of rotatable bonds is 5. The normalized spacial score (nSPS) is 16.2. The van der Waals surface area contributed by atoms with Gasteiger partial charge in [-0.2, -0.15) is 0 Å². The van der Waals surface area contributed by atoms with Gasteiger partial charge in [0.2, 0.25) is 5.91 Å². The number of benzene rings is 1. The summed E-state index contributed by atoms with van der Waals surface area (Å²) in [7, 11) is 0. The van der Waals surface area contributed by atoms with E-state index in [-0.39, 0.29) is 5.91 Å². The summed E-state index contributed by atoms with van der Waals surface area (Å²) >= 11 is 3.47. The highest BCUT2D eigenvalue weighted by Crippen LogP contribution is 2.20. The maximum atomic E-state index is 12.2. The number of halogens is 1. The van der Waals surface area contributed by atoms with E-state index < -0.39 is 0 Å². The monoisotopic (exact) mass is 391 g/mol. The molecule has 0 spiro atoms. The Balaban J connectivity index is 1.43. The number of carbonyl (C=O) groups excluding carboxylic acids is 1. The molecule has 0 unspecified atom stereocenters. The first kappa shape index (κ1) is 17.2. The second kappa shape index (κ2) is 7.96. The van der Waals surface area contributed by atoms with E-state index in [0.717, 1.165) is 54.2 Å². The van der Waals surface area contributed by atoms with Crippen LogP contribution in [0.1, 0.15) is 11.3 Å². The molecule has 0 aliphatic carbocycles. The van der Waals surface area contributed by atoms with Crippen molar-refractivity contribution >= 4 is 27.5 Å². The largest absolute Gasteiger partial charge is 0.468 e.